The summed E-state index contributed by atoms with van der Waals surface area (Å²) >= 11 is 0. The summed E-state index contributed by atoms with van der Waals surface area (Å²) in [5.41, 5.74) is -2.10. The van der Waals surface area contributed by atoms with Gasteiger partial charge in [0.1, 0.15) is 11.1 Å². The molecule has 6 heteroatoms. The second-order valence-electron chi connectivity index (χ2n) is 5.68. The molecule has 0 aromatic carbocycles. The van der Waals surface area contributed by atoms with E-state index in [0.717, 1.165) is 17.7 Å². The molecule has 2 amide bonds. The van der Waals surface area contributed by atoms with Crippen LogP contribution in [0.3, 0.4) is 0 Å². The number of hydrogen-bond acceptors (Lipinski definition) is 2. The van der Waals surface area contributed by atoms with E-state index in [1.54, 1.807) is 13.8 Å². The van der Waals surface area contributed by atoms with Gasteiger partial charge in [0.25, 0.3) is 6.43 Å². The Morgan fingerprint density at radius 2 is 1.89 bits per heavy atom. The highest BCUT2D eigenvalue weighted by molar-refractivity contribution is 6.02. The van der Waals surface area contributed by atoms with Gasteiger partial charge in [0, 0.05) is 0 Å². The van der Waals surface area contributed by atoms with E-state index in [2.05, 4.69) is 5.32 Å². The number of nitrogens with one attached hydrogen (secondary N) is 1. The summed E-state index contributed by atoms with van der Waals surface area (Å²) in [5, 5.41) is 2.81. The van der Waals surface area contributed by atoms with Gasteiger partial charge in [-0.25, -0.2) is 8.78 Å². The van der Waals surface area contributed by atoms with Crippen LogP contribution in [0.2, 0.25) is 0 Å². The Kier molecular flexibility index (Phi) is 3.53. The monoisotopic (exact) mass is 274 g/mol. The van der Waals surface area contributed by atoms with Crippen LogP contribution < -0.4 is 5.32 Å². The molecule has 0 aromatic rings. The first-order valence-electron chi connectivity index (χ1n) is 6.78. The molecule has 2 rings (SSSR count). The molecule has 0 aromatic heterocycles. The van der Waals surface area contributed by atoms with Gasteiger partial charge in [-0.2, -0.15) is 0 Å². The van der Waals surface area contributed by atoms with Crippen LogP contribution in [-0.4, -0.2) is 40.8 Å². The van der Waals surface area contributed by atoms with Gasteiger partial charge in [0.2, 0.25) is 11.8 Å². The molecule has 1 aliphatic carbocycles. The van der Waals surface area contributed by atoms with Crippen LogP contribution in [0.4, 0.5) is 8.78 Å². The third-order valence-corrected chi connectivity index (χ3v) is 4.56. The number of halogens is 2. The van der Waals surface area contributed by atoms with Gasteiger partial charge in [0.05, 0.1) is 6.54 Å². The Morgan fingerprint density at radius 1 is 1.32 bits per heavy atom. The summed E-state index contributed by atoms with van der Waals surface area (Å²) in [4.78, 5) is 26.0. The Hall–Kier alpha value is -1.20. The van der Waals surface area contributed by atoms with Crippen LogP contribution in [0.15, 0.2) is 0 Å². The van der Waals surface area contributed by atoms with Gasteiger partial charge in [-0.05, 0) is 26.2 Å². The molecular weight excluding hydrogens is 254 g/mol. The standard InChI is InChI=1S/C13H20F2N2O2/c1-3-12(2)10(18)16-13(6-4-5-7-13)11(19)17(12)8-9(14)15/h9H,3-8H2,1-2H3,(H,16,18). The molecule has 4 nitrogen and oxygen atoms in total. The van der Waals surface area contributed by atoms with Crippen molar-refractivity contribution in [3.05, 3.63) is 0 Å². The number of carbonyl (C=O) groups is 2. The smallest absolute Gasteiger partial charge is 0.255 e. The van der Waals surface area contributed by atoms with Crippen LogP contribution in [-0.2, 0) is 9.59 Å². The second-order valence-corrected chi connectivity index (χ2v) is 5.68. The largest absolute Gasteiger partial charge is 0.340 e. The Bertz CT molecular complexity index is 394. The maximum absolute atomic E-state index is 12.7. The molecule has 1 saturated carbocycles. The van der Waals surface area contributed by atoms with Gasteiger partial charge in [-0.15, -0.1) is 0 Å². The molecule has 0 bridgehead atoms. The molecule has 1 heterocycles. The van der Waals surface area contributed by atoms with Gasteiger partial charge in [0.15, 0.2) is 0 Å². The number of piperazine rings is 1. The molecule has 0 radical (unpaired) electrons. The highest BCUT2D eigenvalue weighted by Gasteiger charge is 2.56. The SMILES string of the molecule is CCC1(C)C(=O)NC2(CCCC2)C(=O)N1CC(F)F. The van der Waals surface area contributed by atoms with Crippen LogP contribution in [0.5, 0.6) is 0 Å². The van der Waals surface area contributed by atoms with Crippen molar-refractivity contribution >= 4 is 11.8 Å². The van der Waals surface area contributed by atoms with E-state index in [4.69, 9.17) is 0 Å². The molecule has 1 saturated heterocycles. The summed E-state index contributed by atoms with van der Waals surface area (Å²) in [7, 11) is 0. The molecule has 19 heavy (non-hydrogen) atoms. The number of hydrogen-bond donors (Lipinski definition) is 1. The normalized spacial score (nSPS) is 30.3. The number of nitrogens with zero attached hydrogens (tertiary/aromatic N) is 1. The first-order chi connectivity index (χ1) is 8.85. The number of rotatable bonds is 3. The lowest BCUT2D eigenvalue weighted by Gasteiger charge is -2.50. The molecule has 2 aliphatic rings. The fourth-order valence-corrected chi connectivity index (χ4v) is 3.10. The molecule has 108 valence electrons. The first-order valence-corrected chi connectivity index (χ1v) is 6.78. The lowest BCUT2D eigenvalue weighted by atomic mass is 9.83. The maximum atomic E-state index is 12.7. The van der Waals surface area contributed by atoms with Gasteiger partial charge in [-0.3, -0.25) is 9.59 Å². The summed E-state index contributed by atoms with van der Waals surface area (Å²) in [6.07, 6.45) is 0.496. The topological polar surface area (TPSA) is 49.4 Å². The van der Waals surface area contributed by atoms with E-state index in [0.29, 0.717) is 19.3 Å². The average Bonchev–Trinajstić information content (AvgIpc) is 2.82. The van der Waals surface area contributed by atoms with Crippen LogP contribution in [0.1, 0.15) is 46.0 Å². The van der Waals surface area contributed by atoms with Crippen molar-refractivity contribution in [2.24, 2.45) is 0 Å². The van der Waals surface area contributed by atoms with E-state index in [1.165, 1.54) is 0 Å². The van der Waals surface area contributed by atoms with Crippen LogP contribution in [0, 0.1) is 0 Å². The summed E-state index contributed by atoms with van der Waals surface area (Å²) in [6, 6.07) is 0. The summed E-state index contributed by atoms with van der Waals surface area (Å²) < 4.78 is 25.5. The number of alkyl halides is 2. The van der Waals surface area contributed by atoms with Crippen LogP contribution >= 0.6 is 0 Å². The molecular formula is C13H20F2N2O2. The van der Waals surface area contributed by atoms with E-state index in [1.807, 2.05) is 0 Å². The van der Waals surface area contributed by atoms with E-state index in [-0.39, 0.29) is 11.8 Å². The Labute approximate surface area is 111 Å². The van der Waals surface area contributed by atoms with Crippen molar-refractivity contribution in [2.45, 2.75) is 63.5 Å². The fraction of sp³-hybridized carbons (Fsp3) is 0.846. The Balaban J connectivity index is 2.36. The highest BCUT2D eigenvalue weighted by Crippen LogP contribution is 2.38. The third-order valence-electron chi connectivity index (χ3n) is 4.56. The maximum Gasteiger partial charge on any atom is 0.255 e. The zero-order chi connectivity index (χ0) is 14.3. The van der Waals surface area contributed by atoms with Crippen molar-refractivity contribution in [1.82, 2.24) is 10.2 Å². The fourth-order valence-electron chi connectivity index (χ4n) is 3.10. The van der Waals surface area contributed by atoms with Crippen molar-refractivity contribution in [2.75, 3.05) is 6.54 Å². The van der Waals surface area contributed by atoms with E-state index in [9.17, 15) is 18.4 Å². The third kappa shape index (κ3) is 2.11. The molecule has 2 fully saturated rings. The van der Waals surface area contributed by atoms with E-state index >= 15 is 0 Å². The lowest BCUT2D eigenvalue weighted by molar-refractivity contribution is -0.164. The first kappa shape index (κ1) is 14.2. The second kappa shape index (κ2) is 4.72. The van der Waals surface area contributed by atoms with Gasteiger partial charge >= 0.3 is 0 Å². The zero-order valence-corrected chi connectivity index (χ0v) is 11.3. The predicted octanol–water partition coefficient (Wildman–Crippen LogP) is 1.69. The molecule has 1 N–H and O–H groups in total. The minimum Gasteiger partial charge on any atom is -0.340 e. The Morgan fingerprint density at radius 3 is 2.37 bits per heavy atom. The van der Waals surface area contributed by atoms with Gasteiger partial charge < -0.3 is 10.2 Å². The van der Waals surface area contributed by atoms with E-state index < -0.39 is 24.0 Å². The minimum atomic E-state index is -2.63. The molecule has 1 atom stereocenters. The summed E-state index contributed by atoms with van der Waals surface area (Å²) in [6.45, 7) is 2.63. The minimum absolute atomic E-state index is 0.308. The van der Waals surface area contributed by atoms with Crippen molar-refractivity contribution in [1.29, 1.82) is 0 Å². The van der Waals surface area contributed by atoms with Crippen molar-refractivity contribution < 1.29 is 18.4 Å². The number of amides is 2. The lowest BCUT2D eigenvalue weighted by Crippen LogP contribution is -2.74. The number of carbonyl (C=O) groups excluding carboxylic acids is 2. The predicted molar refractivity (Wildman–Crippen MR) is 65.8 cm³/mol. The quantitative estimate of drug-likeness (QED) is 0.851. The summed E-state index contributed by atoms with van der Waals surface area (Å²) in [5.74, 6) is -0.647. The highest BCUT2D eigenvalue weighted by atomic mass is 19.3. The van der Waals surface area contributed by atoms with Crippen molar-refractivity contribution in [3.8, 4) is 0 Å². The van der Waals surface area contributed by atoms with Crippen LogP contribution in [0.25, 0.3) is 0 Å². The van der Waals surface area contributed by atoms with Crippen molar-refractivity contribution in [3.63, 3.8) is 0 Å². The average molecular weight is 274 g/mol. The zero-order valence-electron chi connectivity index (χ0n) is 11.3. The molecule has 1 aliphatic heterocycles. The van der Waals surface area contributed by atoms with Gasteiger partial charge in [-0.1, -0.05) is 19.8 Å². The molecule has 1 spiro atoms. The molecule has 1 unspecified atom stereocenters.